The molecule has 6 heteroatoms. The van der Waals surface area contributed by atoms with Crippen molar-refractivity contribution < 1.29 is 9.47 Å². The quantitative estimate of drug-likeness (QED) is 0.744. The number of nitrogens with one attached hydrogen (secondary N) is 2. The standard InChI is InChI=1S/C13H18N4O2/c1-10-12(17-9-16-10)8-14-11-3-4-13(15-7-11)19-6-5-18-2/h3-4,7,9,14H,5-6,8H2,1-2H3,(H,16,17). The van der Waals surface area contributed by atoms with Gasteiger partial charge in [0.25, 0.3) is 0 Å². The van der Waals surface area contributed by atoms with Crippen molar-refractivity contribution in [3.63, 3.8) is 0 Å². The van der Waals surface area contributed by atoms with Crippen molar-refractivity contribution in [1.29, 1.82) is 0 Å². The molecule has 0 aliphatic heterocycles. The van der Waals surface area contributed by atoms with Crippen molar-refractivity contribution in [2.24, 2.45) is 0 Å². The lowest BCUT2D eigenvalue weighted by atomic mass is 10.3. The Hall–Kier alpha value is -2.08. The number of aryl methyl sites for hydroxylation is 1. The first-order valence-corrected chi connectivity index (χ1v) is 6.10. The van der Waals surface area contributed by atoms with E-state index in [0.29, 0.717) is 25.6 Å². The fourth-order valence-corrected chi connectivity index (χ4v) is 1.55. The van der Waals surface area contributed by atoms with Crippen LogP contribution in [-0.2, 0) is 11.3 Å². The van der Waals surface area contributed by atoms with E-state index in [0.717, 1.165) is 17.1 Å². The molecule has 19 heavy (non-hydrogen) atoms. The van der Waals surface area contributed by atoms with Crippen LogP contribution in [-0.4, -0.2) is 35.3 Å². The number of aromatic nitrogens is 3. The first-order chi connectivity index (χ1) is 9.29. The van der Waals surface area contributed by atoms with Crippen molar-refractivity contribution >= 4 is 5.69 Å². The molecule has 0 saturated carbocycles. The number of aromatic amines is 1. The summed E-state index contributed by atoms with van der Waals surface area (Å²) in [5, 5.41) is 3.26. The molecule has 0 atom stereocenters. The Labute approximate surface area is 112 Å². The number of hydrogen-bond acceptors (Lipinski definition) is 5. The summed E-state index contributed by atoms with van der Waals surface area (Å²) in [6.07, 6.45) is 3.43. The summed E-state index contributed by atoms with van der Waals surface area (Å²) >= 11 is 0. The smallest absolute Gasteiger partial charge is 0.213 e. The van der Waals surface area contributed by atoms with Crippen molar-refractivity contribution in [2.45, 2.75) is 13.5 Å². The van der Waals surface area contributed by atoms with Gasteiger partial charge >= 0.3 is 0 Å². The van der Waals surface area contributed by atoms with E-state index in [9.17, 15) is 0 Å². The molecule has 2 rings (SSSR count). The lowest BCUT2D eigenvalue weighted by Crippen LogP contribution is -2.06. The number of imidazole rings is 1. The van der Waals surface area contributed by atoms with Gasteiger partial charge in [0, 0.05) is 18.9 Å². The number of nitrogens with zero attached hydrogens (tertiary/aromatic N) is 2. The Balaban J connectivity index is 1.83. The van der Waals surface area contributed by atoms with Crippen LogP contribution in [0.3, 0.4) is 0 Å². The van der Waals surface area contributed by atoms with Crippen LogP contribution in [0.2, 0.25) is 0 Å². The molecule has 0 radical (unpaired) electrons. The second-order valence-electron chi connectivity index (χ2n) is 4.05. The van der Waals surface area contributed by atoms with Crippen molar-refractivity contribution in [3.05, 3.63) is 36.0 Å². The molecule has 0 saturated heterocycles. The highest BCUT2D eigenvalue weighted by molar-refractivity contribution is 5.42. The normalized spacial score (nSPS) is 10.4. The molecule has 0 bridgehead atoms. The molecule has 0 fully saturated rings. The Bertz CT molecular complexity index is 496. The van der Waals surface area contributed by atoms with Crippen LogP contribution in [0.25, 0.3) is 0 Å². The Morgan fingerprint density at radius 2 is 2.16 bits per heavy atom. The van der Waals surface area contributed by atoms with Gasteiger partial charge in [-0.05, 0) is 13.0 Å². The number of ether oxygens (including phenoxy) is 2. The SMILES string of the molecule is COCCOc1ccc(NCc2nc[nH]c2C)cn1. The third-order valence-electron chi connectivity index (χ3n) is 2.67. The highest BCUT2D eigenvalue weighted by Gasteiger charge is 2.01. The zero-order valence-electron chi connectivity index (χ0n) is 11.1. The van der Waals surface area contributed by atoms with Gasteiger partial charge in [-0.3, -0.25) is 0 Å². The number of H-pyrrole nitrogens is 1. The van der Waals surface area contributed by atoms with E-state index in [1.54, 1.807) is 19.6 Å². The predicted molar refractivity (Wildman–Crippen MR) is 72.3 cm³/mol. The van der Waals surface area contributed by atoms with Crippen molar-refractivity contribution in [1.82, 2.24) is 15.0 Å². The van der Waals surface area contributed by atoms with Crippen LogP contribution in [0.5, 0.6) is 5.88 Å². The van der Waals surface area contributed by atoms with Gasteiger partial charge in [0.2, 0.25) is 5.88 Å². The minimum Gasteiger partial charge on any atom is -0.475 e. The van der Waals surface area contributed by atoms with E-state index in [1.807, 2.05) is 19.1 Å². The molecular formula is C13H18N4O2. The molecule has 2 heterocycles. The largest absolute Gasteiger partial charge is 0.475 e. The predicted octanol–water partition coefficient (Wildman–Crippen LogP) is 1.75. The van der Waals surface area contributed by atoms with Crippen LogP contribution in [0, 0.1) is 6.92 Å². The number of hydrogen-bond donors (Lipinski definition) is 2. The van der Waals surface area contributed by atoms with Crippen LogP contribution in [0.1, 0.15) is 11.4 Å². The van der Waals surface area contributed by atoms with E-state index >= 15 is 0 Å². The average molecular weight is 262 g/mol. The minimum absolute atomic E-state index is 0.503. The molecule has 2 N–H and O–H groups in total. The van der Waals surface area contributed by atoms with Crippen LogP contribution < -0.4 is 10.1 Å². The third kappa shape index (κ3) is 3.96. The van der Waals surface area contributed by atoms with Crippen LogP contribution in [0.4, 0.5) is 5.69 Å². The Morgan fingerprint density at radius 3 is 2.79 bits per heavy atom. The Morgan fingerprint density at radius 1 is 1.26 bits per heavy atom. The Kier molecular flexibility index (Phi) is 4.74. The maximum Gasteiger partial charge on any atom is 0.213 e. The summed E-state index contributed by atoms with van der Waals surface area (Å²) in [7, 11) is 1.64. The second-order valence-corrected chi connectivity index (χ2v) is 4.05. The van der Waals surface area contributed by atoms with Gasteiger partial charge in [-0.25, -0.2) is 9.97 Å². The fourth-order valence-electron chi connectivity index (χ4n) is 1.55. The molecule has 0 spiro atoms. The van der Waals surface area contributed by atoms with E-state index in [-0.39, 0.29) is 0 Å². The molecule has 0 amide bonds. The average Bonchev–Trinajstić information content (AvgIpc) is 2.84. The second kappa shape index (κ2) is 6.75. The van der Waals surface area contributed by atoms with E-state index in [1.165, 1.54) is 0 Å². The van der Waals surface area contributed by atoms with Gasteiger partial charge in [-0.1, -0.05) is 0 Å². The number of methoxy groups -OCH3 is 1. The van der Waals surface area contributed by atoms with Gasteiger partial charge in [-0.15, -0.1) is 0 Å². The number of pyridine rings is 1. The zero-order valence-corrected chi connectivity index (χ0v) is 11.1. The molecule has 0 aliphatic carbocycles. The molecule has 102 valence electrons. The molecule has 0 aliphatic rings. The highest BCUT2D eigenvalue weighted by Crippen LogP contribution is 2.13. The van der Waals surface area contributed by atoms with Crippen LogP contribution >= 0.6 is 0 Å². The maximum absolute atomic E-state index is 5.39. The minimum atomic E-state index is 0.503. The molecule has 6 nitrogen and oxygen atoms in total. The van der Waals surface area contributed by atoms with Crippen LogP contribution in [0.15, 0.2) is 24.7 Å². The lowest BCUT2D eigenvalue weighted by Gasteiger charge is -2.07. The first kappa shape index (κ1) is 13.4. The van der Waals surface area contributed by atoms with Gasteiger partial charge in [0.1, 0.15) is 6.61 Å². The fraction of sp³-hybridized carbons (Fsp3) is 0.385. The summed E-state index contributed by atoms with van der Waals surface area (Å²) in [6.45, 7) is 3.72. The molecule has 2 aromatic heterocycles. The van der Waals surface area contributed by atoms with Gasteiger partial charge in [-0.2, -0.15) is 0 Å². The van der Waals surface area contributed by atoms with E-state index < -0.39 is 0 Å². The van der Waals surface area contributed by atoms with Crippen molar-refractivity contribution in [2.75, 3.05) is 25.6 Å². The monoisotopic (exact) mass is 262 g/mol. The molecule has 2 aromatic rings. The summed E-state index contributed by atoms with van der Waals surface area (Å²) in [4.78, 5) is 11.5. The lowest BCUT2D eigenvalue weighted by molar-refractivity contribution is 0.144. The van der Waals surface area contributed by atoms with E-state index in [2.05, 4.69) is 20.3 Å². The first-order valence-electron chi connectivity index (χ1n) is 6.10. The highest BCUT2D eigenvalue weighted by atomic mass is 16.5. The number of anilines is 1. The van der Waals surface area contributed by atoms with Gasteiger partial charge in [0.05, 0.1) is 37.1 Å². The maximum atomic E-state index is 5.39. The van der Waals surface area contributed by atoms with Crippen molar-refractivity contribution in [3.8, 4) is 5.88 Å². The van der Waals surface area contributed by atoms with E-state index in [4.69, 9.17) is 9.47 Å². The van der Waals surface area contributed by atoms with Gasteiger partial charge in [0.15, 0.2) is 0 Å². The van der Waals surface area contributed by atoms with Gasteiger partial charge < -0.3 is 19.8 Å². The summed E-state index contributed by atoms with van der Waals surface area (Å²) < 4.78 is 10.3. The third-order valence-corrected chi connectivity index (χ3v) is 2.67. The molecule has 0 unspecified atom stereocenters. The summed E-state index contributed by atoms with van der Waals surface area (Å²) in [5.41, 5.74) is 3.00. The molecule has 0 aromatic carbocycles. The summed E-state index contributed by atoms with van der Waals surface area (Å²) in [5.74, 6) is 0.596. The topological polar surface area (TPSA) is 72.1 Å². The zero-order chi connectivity index (χ0) is 13.5. The molecular weight excluding hydrogens is 244 g/mol. The number of rotatable bonds is 7. The summed E-state index contributed by atoms with van der Waals surface area (Å²) in [6, 6.07) is 3.76.